The fraction of sp³-hybridized carbons (Fsp3) is 0.889. The summed E-state index contributed by atoms with van der Waals surface area (Å²) in [7, 11) is 0. The highest BCUT2D eigenvalue weighted by molar-refractivity contribution is 8.00. The minimum absolute atomic E-state index is 0.0148. The number of aliphatic hydroxyl groups excluding tert-OH is 1. The molecule has 0 aromatic rings. The third-order valence-electron chi connectivity index (χ3n) is 3.97. The van der Waals surface area contributed by atoms with Crippen LogP contribution in [0.5, 0.6) is 0 Å². The number of unbranched alkanes of at least 4 members (excludes halogenated alkanes) is 9. The summed E-state index contributed by atoms with van der Waals surface area (Å²) >= 11 is 6.39. The van der Waals surface area contributed by atoms with Crippen LogP contribution in [0.3, 0.4) is 0 Å². The maximum atomic E-state index is 9.26. The molecule has 0 aromatic heterocycles. The van der Waals surface area contributed by atoms with E-state index in [0.717, 1.165) is 5.75 Å². The maximum Gasteiger partial charge on any atom is 0.156 e. The Kier molecular flexibility index (Phi) is 14.2. The lowest BCUT2D eigenvalue weighted by Gasteiger charge is -2.20. The Bertz CT molecular complexity index is 328. The van der Waals surface area contributed by atoms with Gasteiger partial charge in [0, 0.05) is 6.42 Å². The highest BCUT2D eigenvalue weighted by Gasteiger charge is 2.24. The summed E-state index contributed by atoms with van der Waals surface area (Å²) in [6, 6.07) is 2.36. The van der Waals surface area contributed by atoms with Crippen molar-refractivity contribution < 1.29 is 5.11 Å². The Balaban J connectivity index is 3.47. The van der Waals surface area contributed by atoms with Crippen LogP contribution in [0.4, 0.5) is 0 Å². The lowest BCUT2D eigenvalue weighted by molar-refractivity contribution is 0.537. The van der Waals surface area contributed by atoms with Crippen LogP contribution in [0.1, 0.15) is 90.9 Å². The summed E-state index contributed by atoms with van der Waals surface area (Å²) in [5.41, 5.74) is 0. The predicted molar refractivity (Wildman–Crippen MR) is 103 cm³/mol. The number of aliphatic hydroxyl groups is 1. The van der Waals surface area contributed by atoms with Crippen LogP contribution < -0.4 is 0 Å². The molecule has 0 fully saturated rings. The third kappa shape index (κ3) is 13.4. The first-order chi connectivity index (χ1) is 10.5. The van der Waals surface area contributed by atoms with Crippen molar-refractivity contribution in [1.29, 1.82) is 5.26 Å². The minimum atomic E-state index is -0.411. The number of hydrogen-bond donors (Lipinski definition) is 1. The van der Waals surface area contributed by atoms with Gasteiger partial charge in [0.25, 0.3) is 0 Å². The Hall–Kier alpha value is -0.270. The summed E-state index contributed by atoms with van der Waals surface area (Å²) in [6.07, 6.45) is 14.5. The van der Waals surface area contributed by atoms with Gasteiger partial charge in [0.15, 0.2) is 5.05 Å². The van der Waals surface area contributed by atoms with Gasteiger partial charge in [-0.2, -0.15) is 5.26 Å². The summed E-state index contributed by atoms with van der Waals surface area (Å²) in [5, 5.41) is 18.4. The van der Waals surface area contributed by atoms with Crippen molar-refractivity contribution in [3.05, 3.63) is 0 Å². The van der Waals surface area contributed by atoms with Crippen LogP contribution in [0.2, 0.25) is 0 Å². The largest absolute Gasteiger partial charge is 0.502 e. The summed E-state index contributed by atoms with van der Waals surface area (Å²) in [6.45, 7) is 4.21. The molecule has 1 atom stereocenters. The van der Waals surface area contributed by atoms with Crippen LogP contribution in [0, 0.1) is 11.3 Å². The van der Waals surface area contributed by atoms with E-state index in [4.69, 9.17) is 5.11 Å². The predicted octanol–water partition coefficient (Wildman–Crippen LogP) is 6.59. The number of thiocarbonyl (C=S) groups is 1. The van der Waals surface area contributed by atoms with E-state index in [1.165, 1.54) is 64.2 Å². The smallest absolute Gasteiger partial charge is 0.156 e. The normalized spacial score (nSPS) is 13.5. The molecule has 128 valence electrons. The first kappa shape index (κ1) is 21.7. The molecule has 1 N–H and O–H groups in total. The van der Waals surface area contributed by atoms with Crippen LogP contribution in [0.25, 0.3) is 0 Å². The standard InChI is InChI=1S/C18H33NOS2/c1-3-4-5-6-7-8-9-10-11-12-15-22-18(2,16-19)14-13-17(20)21/h3-15H2,1-2H3,(H,20,21). The molecule has 0 spiro atoms. The molecule has 0 radical (unpaired) electrons. The fourth-order valence-corrected chi connectivity index (χ4v) is 3.60. The van der Waals surface area contributed by atoms with Gasteiger partial charge in [-0.25, -0.2) is 0 Å². The van der Waals surface area contributed by atoms with Gasteiger partial charge in [-0.1, -0.05) is 64.7 Å². The topological polar surface area (TPSA) is 44.0 Å². The van der Waals surface area contributed by atoms with Gasteiger partial charge in [-0.15, -0.1) is 11.8 Å². The van der Waals surface area contributed by atoms with Crippen molar-refractivity contribution >= 4 is 29.0 Å². The molecule has 1 unspecified atom stereocenters. The first-order valence-electron chi connectivity index (χ1n) is 8.81. The Morgan fingerprint density at radius 1 is 1.05 bits per heavy atom. The van der Waals surface area contributed by atoms with Crippen LogP contribution >= 0.6 is 24.0 Å². The lowest BCUT2D eigenvalue weighted by atomic mass is 10.1. The van der Waals surface area contributed by atoms with Crippen LogP contribution in [0.15, 0.2) is 0 Å². The molecular formula is C18H33NOS2. The van der Waals surface area contributed by atoms with Gasteiger partial charge in [0.1, 0.15) is 0 Å². The maximum absolute atomic E-state index is 9.26. The van der Waals surface area contributed by atoms with Crippen molar-refractivity contribution in [3.8, 4) is 6.07 Å². The molecule has 22 heavy (non-hydrogen) atoms. The molecule has 0 saturated carbocycles. The average Bonchev–Trinajstić information content (AvgIpc) is 2.50. The van der Waals surface area contributed by atoms with E-state index < -0.39 is 4.75 Å². The fourth-order valence-electron chi connectivity index (χ4n) is 2.39. The quantitative estimate of drug-likeness (QED) is 0.269. The highest BCUT2D eigenvalue weighted by Crippen LogP contribution is 2.30. The summed E-state index contributed by atoms with van der Waals surface area (Å²) in [4.78, 5) is 0. The molecule has 0 aromatic carbocycles. The van der Waals surface area contributed by atoms with E-state index in [-0.39, 0.29) is 5.05 Å². The van der Waals surface area contributed by atoms with Gasteiger partial charge in [0.05, 0.1) is 10.8 Å². The molecule has 0 aliphatic rings. The van der Waals surface area contributed by atoms with Crippen molar-refractivity contribution in [1.82, 2.24) is 0 Å². The second kappa shape index (κ2) is 14.3. The zero-order chi connectivity index (χ0) is 16.7. The molecule has 0 aliphatic heterocycles. The molecule has 0 bridgehead atoms. The Morgan fingerprint density at radius 2 is 1.55 bits per heavy atom. The highest BCUT2D eigenvalue weighted by atomic mass is 32.2. The van der Waals surface area contributed by atoms with Crippen molar-refractivity contribution in [3.63, 3.8) is 0 Å². The summed E-state index contributed by atoms with van der Waals surface area (Å²) in [5.74, 6) is 1.03. The lowest BCUT2D eigenvalue weighted by Crippen LogP contribution is -2.19. The van der Waals surface area contributed by atoms with E-state index >= 15 is 0 Å². The molecular weight excluding hydrogens is 310 g/mol. The first-order valence-corrected chi connectivity index (χ1v) is 10.2. The Morgan fingerprint density at radius 3 is 2.00 bits per heavy atom. The third-order valence-corrected chi connectivity index (χ3v) is 5.60. The zero-order valence-electron chi connectivity index (χ0n) is 14.4. The number of thioether (sulfide) groups is 1. The van der Waals surface area contributed by atoms with E-state index in [1.54, 1.807) is 11.8 Å². The van der Waals surface area contributed by atoms with Crippen LogP contribution in [-0.2, 0) is 0 Å². The van der Waals surface area contributed by atoms with E-state index in [2.05, 4.69) is 25.2 Å². The van der Waals surface area contributed by atoms with Crippen molar-refractivity contribution in [2.75, 3.05) is 5.75 Å². The molecule has 4 heteroatoms. The minimum Gasteiger partial charge on any atom is -0.502 e. The average molecular weight is 344 g/mol. The van der Waals surface area contributed by atoms with Gasteiger partial charge in [-0.3, -0.25) is 0 Å². The van der Waals surface area contributed by atoms with E-state index in [1.807, 2.05) is 6.92 Å². The molecule has 0 saturated heterocycles. The summed E-state index contributed by atoms with van der Waals surface area (Å²) < 4.78 is -0.411. The number of hydrogen-bond acceptors (Lipinski definition) is 3. The second-order valence-electron chi connectivity index (χ2n) is 6.27. The SMILES string of the molecule is CCCCCCCCCCCCSC(C)(C#N)CCC(O)=S. The Labute approximate surface area is 147 Å². The molecule has 0 aliphatic carbocycles. The monoisotopic (exact) mass is 343 g/mol. The number of nitriles is 1. The van der Waals surface area contributed by atoms with Crippen molar-refractivity contribution in [2.45, 2.75) is 95.6 Å². The van der Waals surface area contributed by atoms with Crippen LogP contribution in [-0.4, -0.2) is 20.7 Å². The van der Waals surface area contributed by atoms with Gasteiger partial charge in [0.2, 0.25) is 0 Å². The number of rotatable bonds is 15. The van der Waals surface area contributed by atoms with Gasteiger partial charge < -0.3 is 5.11 Å². The van der Waals surface area contributed by atoms with E-state index in [0.29, 0.717) is 12.8 Å². The van der Waals surface area contributed by atoms with Gasteiger partial charge in [-0.05, 0) is 37.7 Å². The van der Waals surface area contributed by atoms with Gasteiger partial charge >= 0.3 is 0 Å². The molecule has 0 heterocycles. The van der Waals surface area contributed by atoms with E-state index in [9.17, 15) is 5.26 Å². The second-order valence-corrected chi connectivity index (χ2v) is 8.34. The van der Waals surface area contributed by atoms with Crippen molar-refractivity contribution in [2.24, 2.45) is 0 Å². The molecule has 0 rings (SSSR count). The number of nitrogens with zero attached hydrogens (tertiary/aromatic N) is 1. The molecule has 0 amide bonds. The zero-order valence-corrected chi connectivity index (χ0v) is 16.0. The molecule has 2 nitrogen and oxygen atoms in total.